The van der Waals surface area contributed by atoms with Gasteiger partial charge in [-0.05, 0) is 33.8 Å². The lowest BCUT2D eigenvalue weighted by Crippen LogP contribution is -2.11. The molecule has 0 aliphatic carbocycles. The second-order valence-electron chi connectivity index (χ2n) is 2.12. The first-order valence-corrected chi connectivity index (χ1v) is 4.18. The number of hydrogen-bond acceptors (Lipinski definition) is 2. The molecule has 70 valence electrons. The van der Waals surface area contributed by atoms with E-state index in [4.69, 9.17) is 0 Å². The molecule has 0 aliphatic heterocycles. The van der Waals surface area contributed by atoms with Gasteiger partial charge in [-0.3, -0.25) is 0 Å². The molecule has 0 bridgehead atoms. The molecule has 0 fully saturated rings. The molecule has 0 N–H and O–H groups in total. The topological polar surface area (TPSA) is 15.6 Å². The van der Waals surface area contributed by atoms with E-state index >= 15 is 0 Å². The van der Waals surface area contributed by atoms with Crippen molar-refractivity contribution in [2.75, 3.05) is 27.7 Å². The zero-order valence-electron chi connectivity index (χ0n) is 9.02. The third-order valence-electron chi connectivity index (χ3n) is 0.671. The first kappa shape index (κ1) is 16.9. The number of nitrogens with zero attached hydrogens (tertiary/aromatic N) is 2. The molecule has 0 unspecified atom stereocenters. The zero-order chi connectivity index (χ0) is 9.70. The van der Waals surface area contributed by atoms with Gasteiger partial charge in [-0.2, -0.15) is 0 Å². The molecular formula is C9H24N2. The van der Waals surface area contributed by atoms with Crippen molar-refractivity contribution in [3.63, 3.8) is 0 Å². The SMILES string of the molecule is C=NC.CC.CCCN(C)C. The molecule has 0 heterocycles. The van der Waals surface area contributed by atoms with Gasteiger partial charge >= 0.3 is 0 Å². The van der Waals surface area contributed by atoms with Gasteiger partial charge in [0.05, 0.1) is 0 Å². The molecule has 0 rings (SSSR count). The van der Waals surface area contributed by atoms with Crippen LogP contribution in [0.1, 0.15) is 27.2 Å². The third kappa shape index (κ3) is 81.1. The Morgan fingerprint density at radius 1 is 1.27 bits per heavy atom. The zero-order valence-corrected chi connectivity index (χ0v) is 9.02. The molecule has 0 radical (unpaired) electrons. The van der Waals surface area contributed by atoms with Crippen LogP contribution in [-0.2, 0) is 0 Å². The van der Waals surface area contributed by atoms with E-state index in [1.165, 1.54) is 13.0 Å². The van der Waals surface area contributed by atoms with E-state index < -0.39 is 0 Å². The van der Waals surface area contributed by atoms with E-state index in [-0.39, 0.29) is 0 Å². The minimum Gasteiger partial charge on any atom is -0.309 e. The fraction of sp³-hybridized carbons (Fsp3) is 0.889. The summed E-state index contributed by atoms with van der Waals surface area (Å²) in [6.07, 6.45) is 1.26. The normalized spacial score (nSPS) is 7.18. The summed E-state index contributed by atoms with van der Waals surface area (Å²) in [6, 6.07) is 0. The van der Waals surface area contributed by atoms with Gasteiger partial charge in [-0.25, -0.2) is 0 Å². The fourth-order valence-corrected chi connectivity index (χ4v) is 0.447. The summed E-state index contributed by atoms with van der Waals surface area (Å²) >= 11 is 0. The Kier molecular flexibility index (Phi) is 34.8. The summed E-state index contributed by atoms with van der Waals surface area (Å²) in [5, 5.41) is 0. The average Bonchev–Trinajstić information content (AvgIpc) is 1.93. The van der Waals surface area contributed by atoms with E-state index in [1.54, 1.807) is 7.05 Å². The largest absolute Gasteiger partial charge is 0.309 e. The Morgan fingerprint density at radius 2 is 1.55 bits per heavy atom. The van der Waals surface area contributed by atoms with Gasteiger partial charge in [0.2, 0.25) is 0 Å². The van der Waals surface area contributed by atoms with E-state index in [1.807, 2.05) is 13.8 Å². The summed E-state index contributed by atoms with van der Waals surface area (Å²) in [4.78, 5) is 5.43. The highest BCUT2D eigenvalue weighted by Gasteiger charge is 1.79. The predicted octanol–water partition coefficient (Wildman–Crippen LogP) is 2.30. The van der Waals surface area contributed by atoms with Crippen molar-refractivity contribution in [2.24, 2.45) is 4.99 Å². The lowest BCUT2D eigenvalue weighted by Gasteiger charge is -2.03. The van der Waals surface area contributed by atoms with Crippen LogP contribution in [0, 0.1) is 0 Å². The fourth-order valence-electron chi connectivity index (χ4n) is 0.447. The van der Waals surface area contributed by atoms with Crippen LogP contribution < -0.4 is 0 Å². The first-order valence-electron chi connectivity index (χ1n) is 4.18. The smallest absolute Gasteiger partial charge is 0.0269 e. The molecule has 0 aromatic carbocycles. The summed E-state index contributed by atoms with van der Waals surface area (Å²) in [5.74, 6) is 0. The van der Waals surface area contributed by atoms with Crippen molar-refractivity contribution in [2.45, 2.75) is 27.2 Å². The van der Waals surface area contributed by atoms with Crippen LogP contribution in [0.4, 0.5) is 0 Å². The maximum absolute atomic E-state index is 3.25. The van der Waals surface area contributed by atoms with Crippen LogP contribution >= 0.6 is 0 Å². The van der Waals surface area contributed by atoms with Crippen LogP contribution in [0.3, 0.4) is 0 Å². The molecular weight excluding hydrogens is 136 g/mol. The molecule has 0 atom stereocenters. The lowest BCUT2D eigenvalue weighted by atomic mass is 10.5. The van der Waals surface area contributed by atoms with Gasteiger partial charge in [0.15, 0.2) is 0 Å². The highest BCUT2D eigenvalue weighted by atomic mass is 15.0. The molecule has 0 aliphatic rings. The summed E-state index contributed by atoms with van der Waals surface area (Å²) in [6.45, 7) is 10.5. The molecule has 2 heteroatoms. The van der Waals surface area contributed by atoms with Gasteiger partial charge in [0.1, 0.15) is 0 Å². The van der Waals surface area contributed by atoms with E-state index in [0.29, 0.717) is 0 Å². The predicted molar refractivity (Wildman–Crippen MR) is 55.7 cm³/mol. The van der Waals surface area contributed by atoms with E-state index in [9.17, 15) is 0 Å². The Balaban J connectivity index is -0.000000109. The highest BCUT2D eigenvalue weighted by Crippen LogP contribution is 1.76. The van der Waals surface area contributed by atoms with Crippen molar-refractivity contribution in [3.05, 3.63) is 0 Å². The number of aliphatic imine (C=N–C) groups is 1. The monoisotopic (exact) mass is 160 g/mol. The molecule has 0 saturated carbocycles. The molecule has 11 heavy (non-hydrogen) atoms. The minimum absolute atomic E-state index is 1.21. The van der Waals surface area contributed by atoms with Crippen molar-refractivity contribution >= 4 is 6.72 Å². The van der Waals surface area contributed by atoms with Crippen LogP contribution in [0.2, 0.25) is 0 Å². The van der Waals surface area contributed by atoms with Crippen LogP contribution in [0.5, 0.6) is 0 Å². The van der Waals surface area contributed by atoms with Gasteiger partial charge < -0.3 is 9.89 Å². The Hall–Kier alpha value is -0.370. The third-order valence-corrected chi connectivity index (χ3v) is 0.671. The van der Waals surface area contributed by atoms with E-state index in [2.05, 4.69) is 37.6 Å². The summed E-state index contributed by atoms with van der Waals surface area (Å²) < 4.78 is 0. The van der Waals surface area contributed by atoms with Crippen molar-refractivity contribution in [1.29, 1.82) is 0 Å². The van der Waals surface area contributed by atoms with Gasteiger partial charge in [-0.1, -0.05) is 20.8 Å². The molecule has 2 nitrogen and oxygen atoms in total. The average molecular weight is 160 g/mol. The molecule has 0 amide bonds. The first-order chi connectivity index (χ1) is 5.18. The molecule has 0 aromatic heterocycles. The highest BCUT2D eigenvalue weighted by molar-refractivity contribution is 5.22. The molecule has 0 aromatic rings. The van der Waals surface area contributed by atoms with Crippen molar-refractivity contribution in [3.8, 4) is 0 Å². The van der Waals surface area contributed by atoms with Crippen molar-refractivity contribution < 1.29 is 0 Å². The maximum atomic E-state index is 3.25. The second-order valence-corrected chi connectivity index (χ2v) is 2.12. The Labute approximate surface area is 72.3 Å². The van der Waals surface area contributed by atoms with Crippen LogP contribution in [-0.4, -0.2) is 39.3 Å². The summed E-state index contributed by atoms with van der Waals surface area (Å²) in [5.41, 5.74) is 0. The van der Waals surface area contributed by atoms with Gasteiger partial charge in [-0.15, -0.1) is 0 Å². The standard InChI is InChI=1S/C5H13N.C2H5N.C2H6/c1-4-5-6(2)3;1-3-2;1-2/h4-5H2,1-3H3;1H2,2H3;1-2H3. The number of hydrogen-bond donors (Lipinski definition) is 0. The second kappa shape index (κ2) is 22.6. The Morgan fingerprint density at radius 3 is 1.55 bits per heavy atom. The van der Waals surface area contributed by atoms with Gasteiger partial charge in [0, 0.05) is 7.05 Å². The van der Waals surface area contributed by atoms with E-state index in [0.717, 1.165) is 0 Å². The Bertz CT molecular complexity index is 51.5. The maximum Gasteiger partial charge on any atom is 0.0269 e. The van der Waals surface area contributed by atoms with Crippen LogP contribution in [0.15, 0.2) is 4.99 Å². The van der Waals surface area contributed by atoms with Crippen molar-refractivity contribution in [1.82, 2.24) is 4.90 Å². The molecule has 0 saturated heterocycles. The van der Waals surface area contributed by atoms with Crippen LogP contribution in [0.25, 0.3) is 0 Å². The lowest BCUT2D eigenvalue weighted by molar-refractivity contribution is 0.408. The minimum atomic E-state index is 1.21. The quantitative estimate of drug-likeness (QED) is 0.566. The number of rotatable bonds is 2. The van der Waals surface area contributed by atoms with Gasteiger partial charge in [0.25, 0.3) is 0 Å². The summed E-state index contributed by atoms with van der Waals surface area (Å²) in [7, 11) is 5.81. The molecule has 0 spiro atoms.